The average molecular weight is 298 g/mol. The highest BCUT2D eigenvalue weighted by Gasteiger charge is 2.27. The fourth-order valence-electron chi connectivity index (χ4n) is 2.14. The molecule has 0 spiro atoms. The number of imidazole rings is 1. The average Bonchev–Trinajstić information content (AvgIpc) is 2.85. The van der Waals surface area contributed by atoms with Crippen molar-refractivity contribution in [3.05, 3.63) is 21.7 Å². The van der Waals surface area contributed by atoms with Crippen LogP contribution >= 0.6 is 11.3 Å². The third-order valence-corrected chi connectivity index (χ3v) is 3.59. The number of nitrogens with one attached hydrogen (secondary N) is 1. The van der Waals surface area contributed by atoms with Gasteiger partial charge < -0.3 is 20.5 Å². The summed E-state index contributed by atoms with van der Waals surface area (Å²) in [7, 11) is 0. The topological polar surface area (TPSA) is 92.7 Å². The van der Waals surface area contributed by atoms with Crippen molar-refractivity contribution in [2.24, 2.45) is 5.41 Å². The third-order valence-electron chi connectivity index (χ3n) is 2.83. The molecule has 0 fully saturated rings. The molecule has 0 aliphatic heterocycles. The molecule has 1 atom stereocenters. The van der Waals surface area contributed by atoms with Gasteiger partial charge in [0.2, 0.25) is 5.82 Å². The molecule has 2 aromatic rings. The van der Waals surface area contributed by atoms with Gasteiger partial charge >= 0.3 is 5.82 Å². The molecule has 0 amide bonds. The Kier molecular flexibility index (Phi) is 3.96. The summed E-state index contributed by atoms with van der Waals surface area (Å²) in [5, 5.41) is 25.4. The van der Waals surface area contributed by atoms with Crippen molar-refractivity contribution < 1.29 is 10.0 Å². The predicted octanol–water partition coefficient (Wildman–Crippen LogP) is 2.51. The number of rotatable bonds is 5. The highest BCUT2D eigenvalue weighted by Crippen LogP contribution is 2.30. The van der Waals surface area contributed by atoms with Gasteiger partial charge in [0, 0.05) is 5.38 Å². The van der Waals surface area contributed by atoms with Crippen LogP contribution in [0.25, 0.3) is 4.96 Å². The molecule has 2 N–H and O–H groups in total. The molecule has 0 radical (unpaired) electrons. The van der Waals surface area contributed by atoms with Crippen molar-refractivity contribution in [1.29, 1.82) is 0 Å². The summed E-state index contributed by atoms with van der Waals surface area (Å²) in [6.45, 7) is 6.06. The maximum atomic E-state index is 11.2. The minimum Gasteiger partial charge on any atom is -0.394 e. The highest BCUT2D eigenvalue weighted by atomic mass is 32.1. The first kappa shape index (κ1) is 14.7. The first-order valence-corrected chi connectivity index (χ1v) is 7.17. The molecule has 2 aromatic heterocycles. The monoisotopic (exact) mass is 298 g/mol. The van der Waals surface area contributed by atoms with Crippen molar-refractivity contribution in [3.8, 4) is 0 Å². The number of aliphatic hydroxyl groups excluding tert-OH is 1. The van der Waals surface area contributed by atoms with E-state index in [2.05, 4.69) is 31.1 Å². The van der Waals surface area contributed by atoms with Crippen molar-refractivity contribution in [3.63, 3.8) is 0 Å². The number of nitrogens with zero attached hydrogens (tertiary/aromatic N) is 3. The molecule has 0 bridgehead atoms. The van der Waals surface area contributed by atoms with Gasteiger partial charge in [0.15, 0.2) is 0 Å². The number of nitro groups is 1. The van der Waals surface area contributed by atoms with Crippen LogP contribution in [0.15, 0.2) is 11.6 Å². The maximum absolute atomic E-state index is 11.2. The molecule has 0 saturated carbocycles. The van der Waals surface area contributed by atoms with Gasteiger partial charge in [-0.15, -0.1) is 0 Å². The Bertz CT molecular complexity index is 614. The van der Waals surface area contributed by atoms with Crippen LogP contribution in [0.4, 0.5) is 11.6 Å². The molecule has 110 valence electrons. The quantitative estimate of drug-likeness (QED) is 0.653. The van der Waals surface area contributed by atoms with Crippen LogP contribution in [0.3, 0.4) is 0 Å². The van der Waals surface area contributed by atoms with E-state index in [1.54, 1.807) is 11.6 Å². The Morgan fingerprint density at radius 2 is 2.30 bits per heavy atom. The zero-order chi connectivity index (χ0) is 14.9. The van der Waals surface area contributed by atoms with Crippen LogP contribution in [0.1, 0.15) is 27.2 Å². The first-order valence-electron chi connectivity index (χ1n) is 6.29. The summed E-state index contributed by atoms with van der Waals surface area (Å²) < 4.78 is 1.44. The molecule has 0 aromatic carbocycles. The summed E-state index contributed by atoms with van der Waals surface area (Å²) in [5.74, 6) is 0.124. The zero-order valence-corrected chi connectivity index (χ0v) is 12.5. The van der Waals surface area contributed by atoms with E-state index in [0.29, 0.717) is 11.4 Å². The van der Waals surface area contributed by atoms with Crippen LogP contribution in [-0.4, -0.2) is 32.1 Å². The Labute approximate surface area is 120 Å². The Morgan fingerprint density at radius 3 is 2.85 bits per heavy atom. The summed E-state index contributed by atoms with van der Waals surface area (Å²) in [6, 6.07) is -0.265. The fraction of sp³-hybridized carbons (Fsp3) is 0.583. The van der Waals surface area contributed by atoms with E-state index in [4.69, 9.17) is 0 Å². The van der Waals surface area contributed by atoms with Gasteiger partial charge in [-0.05, 0) is 16.8 Å². The normalized spacial score (nSPS) is 13.6. The number of anilines is 1. The smallest absolute Gasteiger partial charge is 0.372 e. The van der Waals surface area contributed by atoms with Crippen LogP contribution in [0.2, 0.25) is 0 Å². The lowest BCUT2D eigenvalue weighted by atomic mass is 9.88. The Balaban J connectivity index is 2.30. The SMILES string of the molecule is CC(C)(C)CC(CO)Nc1nc2sccn2c1[N+](=O)[O-]. The molecule has 0 aliphatic rings. The molecule has 7 nitrogen and oxygen atoms in total. The van der Waals surface area contributed by atoms with Gasteiger partial charge in [-0.1, -0.05) is 32.1 Å². The van der Waals surface area contributed by atoms with E-state index in [1.807, 2.05) is 0 Å². The van der Waals surface area contributed by atoms with Crippen LogP contribution in [-0.2, 0) is 0 Å². The minimum absolute atomic E-state index is 0.00624. The number of aliphatic hydroxyl groups is 1. The molecule has 2 heterocycles. The number of aromatic nitrogens is 2. The molecule has 0 saturated heterocycles. The standard InChI is InChI=1S/C12H18N4O3S/c1-12(2,3)6-8(7-17)13-9-10(16(18)19)15-4-5-20-11(15)14-9/h4-5,8,13,17H,6-7H2,1-3H3. The van der Waals surface area contributed by atoms with Crippen LogP contribution in [0.5, 0.6) is 0 Å². The van der Waals surface area contributed by atoms with E-state index < -0.39 is 4.92 Å². The van der Waals surface area contributed by atoms with E-state index in [0.717, 1.165) is 0 Å². The highest BCUT2D eigenvalue weighted by molar-refractivity contribution is 7.15. The van der Waals surface area contributed by atoms with Crippen LogP contribution < -0.4 is 5.32 Å². The predicted molar refractivity (Wildman–Crippen MR) is 78.3 cm³/mol. The third kappa shape index (κ3) is 3.07. The van der Waals surface area contributed by atoms with E-state index in [-0.39, 0.29) is 29.7 Å². The minimum atomic E-state index is -0.458. The maximum Gasteiger partial charge on any atom is 0.372 e. The van der Waals surface area contributed by atoms with Crippen molar-refractivity contribution in [2.75, 3.05) is 11.9 Å². The number of thiazole rings is 1. The number of hydrogen-bond acceptors (Lipinski definition) is 6. The lowest BCUT2D eigenvalue weighted by molar-refractivity contribution is -0.389. The second-order valence-corrected chi connectivity index (χ2v) is 6.76. The van der Waals surface area contributed by atoms with Gasteiger partial charge in [-0.25, -0.2) is 0 Å². The van der Waals surface area contributed by atoms with Crippen molar-refractivity contribution in [1.82, 2.24) is 9.38 Å². The number of fused-ring (bicyclic) bond motifs is 1. The van der Waals surface area contributed by atoms with Crippen molar-refractivity contribution >= 4 is 27.9 Å². The second-order valence-electron chi connectivity index (χ2n) is 5.89. The Morgan fingerprint density at radius 1 is 1.60 bits per heavy atom. The number of hydrogen-bond donors (Lipinski definition) is 2. The summed E-state index contributed by atoms with van der Waals surface area (Å²) in [6.07, 6.45) is 2.31. The lowest BCUT2D eigenvalue weighted by Gasteiger charge is -2.25. The molecule has 0 aliphatic carbocycles. The lowest BCUT2D eigenvalue weighted by Crippen LogP contribution is -2.29. The second kappa shape index (κ2) is 5.37. The Hall–Kier alpha value is -1.67. The van der Waals surface area contributed by atoms with E-state index in [9.17, 15) is 15.2 Å². The van der Waals surface area contributed by atoms with Gasteiger partial charge in [-0.2, -0.15) is 9.38 Å². The largest absolute Gasteiger partial charge is 0.394 e. The summed E-state index contributed by atoms with van der Waals surface area (Å²) in [4.78, 5) is 15.5. The summed E-state index contributed by atoms with van der Waals surface area (Å²) in [5.41, 5.74) is 0.00624. The molecular formula is C12H18N4O3S. The molecule has 8 heteroatoms. The zero-order valence-electron chi connectivity index (χ0n) is 11.7. The van der Waals surface area contributed by atoms with Gasteiger partial charge in [0.25, 0.3) is 4.96 Å². The van der Waals surface area contributed by atoms with Gasteiger partial charge in [0.05, 0.1) is 12.6 Å². The first-order chi connectivity index (χ1) is 9.31. The van der Waals surface area contributed by atoms with E-state index in [1.165, 1.54) is 15.7 Å². The fourth-order valence-corrected chi connectivity index (χ4v) is 2.85. The molecular weight excluding hydrogens is 280 g/mol. The summed E-state index contributed by atoms with van der Waals surface area (Å²) >= 11 is 1.33. The van der Waals surface area contributed by atoms with Gasteiger partial charge in [-0.3, -0.25) is 0 Å². The molecule has 1 unspecified atom stereocenters. The van der Waals surface area contributed by atoms with Crippen LogP contribution in [0, 0.1) is 15.5 Å². The molecule has 2 rings (SSSR count). The van der Waals surface area contributed by atoms with Gasteiger partial charge in [0.1, 0.15) is 6.20 Å². The molecule has 20 heavy (non-hydrogen) atoms. The van der Waals surface area contributed by atoms with Crippen molar-refractivity contribution in [2.45, 2.75) is 33.2 Å². The van der Waals surface area contributed by atoms with E-state index >= 15 is 0 Å².